The van der Waals surface area contributed by atoms with E-state index in [1.165, 1.54) is 12.8 Å². The zero-order chi connectivity index (χ0) is 20.9. The first-order valence-corrected chi connectivity index (χ1v) is 10.4. The zero-order valence-corrected chi connectivity index (χ0v) is 17.2. The van der Waals surface area contributed by atoms with Crippen LogP contribution in [0.3, 0.4) is 0 Å². The van der Waals surface area contributed by atoms with Crippen LogP contribution in [0.25, 0.3) is 11.1 Å². The van der Waals surface area contributed by atoms with Gasteiger partial charge in [-0.25, -0.2) is 0 Å². The number of nitrogens with one attached hydrogen (secondary N) is 2. The Labute approximate surface area is 177 Å². The number of rotatable bonds is 7. The summed E-state index contributed by atoms with van der Waals surface area (Å²) in [5.74, 6) is 0.530. The summed E-state index contributed by atoms with van der Waals surface area (Å²) in [6, 6.07) is 23.2. The van der Waals surface area contributed by atoms with Gasteiger partial charge in [-0.1, -0.05) is 48.5 Å². The Bertz CT molecular complexity index is 1040. The van der Waals surface area contributed by atoms with Crippen molar-refractivity contribution in [2.45, 2.75) is 26.3 Å². The average Bonchev–Trinajstić information content (AvgIpc) is 3.61. The summed E-state index contributed by atoms with van der Waals surface area (Å²) in [4.78, 5) is 24.9. The van der Waals surface area contributed by atoms with E-state index in [0.29, 0.717) is 23.6 Å². The minimum Gasteiger partial charge on any atom is -0.352 e. The van der Waals surface area contributed by atoms with Gasteiger partial charge < -0.3 is 10.6 Å². The number of hydrogen-bond acceptors (Lipinski definition) is 2. The van der Waals surface area contributed by atoms with Gasteiger partial charge in [0, 0.05) is 24.2 Å². The third-order valence-corrected chi connectivity index (χ3v) is 5.50. The van der Waals surface area contributed by atoms with E-state index in [4.69, 9.17) is 0 Å². The van der Waals surface area contributed by atoms with Crippen LogP contribution in [-0.4, -0.2) is 18.4 Å². The highest BCUT2D eigenvalue weighted by Crippen LogP contribution is 2.28. The van der Waals surface area contributed by atoms with Gasteiger partial charge in [-0.05, 0) is 72.2 Å². The fourth-order valence-electron chi connectivity index (χ4n) is 3.42. The van der Waals surface area contributed by atoms with Crippen molar-refractivity contribution in [3.05, 3.63) is 95.1 Å². The summed E-state index contributed by atoms with van der Waals surface area (Å²) in [5.41, 5.74) is 5.41. The van der Waals surface area contributed by atoms with E-state index in [9.17, 15) is 9.59 Å². The number of hydrogen-bond donors (Lipinski definition) is 2. The molecule has 4 heteroatoms. The molecule has 0 heterocycles. The first-order valence-electron chi connectivity index (χ1n) is 10.4. The molecule has 3 aromatic carbocycles. The van der Waals surface area contributed by atoms with Gasteiger partial charge in [0.25, 0.3) is 11.8 Å². The van der Waals surface area contributed by atoms with Crippen molar-refractivity contribution in [3.8, 4) is 11.1 Å². The van der Waals surface area contributed by atoms with Crippen LogP contribution in [0.15, 0.2) is 72.8 Å². The summed E-state index contributed by atoms with van der Waals surface area (Å²) in [7, 11) is 0. The topological polar surface area (TPSA) is 58.2 Å². The maximum absolute atomic E-state index is 12.6. The molecule has 4 rings (SSSR count). The lowest BCUT2D eigenvalue weighted by Gasteiger charge is -2.11. The summed E-state index contributed by atoms with van der Waals surface area (Å²) in [6.45, 7) is 3.28. The quantitative estimate of drug-likeness (QED) is 0.604. The Morgan fingerprint density at radius 2 is 1.50 bits per heavy atom. The molecule has 2 amide bonds. The molecule has 3 aromatic rings. The number of carbonyl (C=O) groups is 2. The molecule has 0 atom stereocenters. The van der Waals surface area contributed by atoms with Crippen molar-refractivity contribution in [1.82, 2.24) is 10.6 Å². The van der Waals surface area contributed by atoms with Crippen LogP contribution in [0.4, 0.5) is 0 Å². The van der Waals surface area contributed by atoms with Crippen LogP contribution in [-0.2, 0) is 6.54 Å². The Morgan fingerprint density at radius 1 is 0.833 bits per heavy atom. The second-order valence-corrected chi connectivity index (χ2v) is 7.93. The van der Waals surface area contributed by atoms with Gasteiger partial charge >= 0.3 is 0 Å². The van der Waals surface area contributed by atoms with Crippen LogP contribution in [0.2, 0.25) is 0 Å². The minimum atomic E-state index is -0.101. The molecule has 0 spiro atoms. The third-order valence-electron chi connectivity index (χ3n) is 5.50. The highest BCUT2D eigenvalue weighted by atomic mass is 16.2. The van der Waals surface area contributed by atoms with Crippen LogP contribution < -0.4 is 10.6 Å². The molecule has 1 aliphatic rings. The molecule has 0 unspecified atom stereocenters. The smallest absolute Gasteiger partial charge is 0.251 e. The third kappa shape index (κ3) is 4.95. The van der Waals surface area contributed by atoms with Crippen LogP contribution in [0, 0.1) is 12.8 Å². The molecule has 1 fully saturated rings. The number of amides is 2. The Hall–Kier alpha value is -3.40. The summed E-state index contributed by atoms with van der Waals surface area (Å²) < 4.78 is 0. The molecule has 30 heavy (non-hydrogen) atoms. The maximum atomic E-state index is 12.6. The largest absolute Gasteiger partial charge is 0.352 e. The van der Waals surface area contributed by atoms with Crippen molar-refractivity contribution >= 4 is 11.8 Å². The van der Waals surface area contributed by atoms with E-state index in [2.05, 4.69) is 10.6 Å². The van der Waals surface area contributed by atoms with Crippen molar-refractivity contribution in [1.29, 1.82) is 0 Å². The molecule has 152 valence electrons. The van der Waals surface area contributed by atoms with Crippen LogP contribution in [0.5, 0.6) is 0 Å². The van der Waals surface area contributed by atoms with E-state index < -0.39 is 0 Å². The Balaban J connectivity index is 1.45. The fraction of sp³-hybridized carbons (Fsp3) is 0.231. The van der Waals surface area contributed by atoms with E-state index in [-0.39, 0.29) is 11.8 Å². The van der Waals surface area contributed by atoms with Gasteiger partial charge in [0.1, 0.15) is 0 Å². The monoisotopic (exact) mass is 398 g/mol. The van der Waals surface area contributed by atoms with Gasteiger partial charge in [0.2, 0.25) is 0 Å². The van der Waals surface area contributed by atoms with Crippen LogP contribution >= 0.6 is 0 Å². The molecule has 4 nitrogen and oxygen atoms in total. The average molecular weight is 399 g/mol. The summed E-state index contributed by atoms with van der Waals surface area (Å²) in [5, 5.41) is 5.96. The first kappa shape index (κ1) is 19.9. The molecule has 0 aromatic heterocycles. The second kappa shape index (κ2) is 8.95. The molecule has 0 saturated heterocycles. The fourth-order valence-corrected chi connectivity index (χ4v) is 3.42. The lowest BCUT2D eigenvalue weighted by atomic mass is 9.97. The molecule has 0 aliphatic heterocycles. The second-order valence-electron chi connectivity index (χ2n) is 7.93. The van der Waals surface area contributed by atoms with Crippen molar-refractivity contribution in [2.75, 3.05) is 6.54 Å². The number of benzene rings is 3. The Kier molecular flexibility index (Phi) is 5.94. The molecule has 0 bridgehead atoms. The maximum Gasteiger partial charge on any atom is 0.251 e. The van der Waals surface area contributed by atoms with E-state index in [1.54, 1.807) is 0 Å². The standard InChI is InChI=1S/C26H26N2O2/c1-18-7-10-23(26(30)28-16-19-5-3-2-4-6-19)15-24(18)21-11-13-22(14-12-21)25(29)27-17-20-8-9-20/h2-7,10-15,20H,8-9,16-17H2,1H3,(H,27,29)(H,28,30). The van der Waals surface area contributed by atoms with Gasteiger partial charge in [-0.3, -0.25) is 9.59 Å². The van der Waals surface area contributed by atoms with Crippen molar-refractivity contribution in [2.24, 2.45) is 5.92 Å². The highest BCUT2D eigenvalue weighted by molar-refractivity contribution is 5.96. The normalized spacial score (nSPS) is 13.0. The summed E-state index contributed by atoms with van der Waals surface area (Å²) in [6.07, 6.45) is 2.43. The SMILES string of the molecule is Cc1ccc(C(=O)NCc2ccccc2)cc1-c1ccc(C(=O)NCC2CC2)cc1. The lowest BCUT2D eigenvalue weighted by molar-refractivity contribution is 0.0943. The zero-order valence-electron chi connectivity index (χ0n) is 17.2. The molecular formula is C26H26N2O2. The molecule has 1 saturated carbocycles. The predicted octanol–water partition coefficient (Wildman–Crippen LogP) is 4.73. The molecule has 0 radical (unpaired) electrons. The predicted molar refractivity (Wildman–Crippen MR) is 119 cm³/mol. The lowest BCUT2D eigenvalue weighted by Crippen LogP contribution is -2.25. The number of aryl methyl sites for hydroxylation is 1. The highest BCUT2D eigenvalue weighted by Gasteiger charge is 2.21. The van der Waals surface area contributed by atoms with Crippen molar-refractivity contribution < 1.29 is 9.59 Å². The van der Waals surface area contributed by atoms with Gasteiger partial charge in [0.15, 0.2) is 0 Å². The number of carbonyl (C=O) groups excluding carboxylic acids is 2. The first-order chi connectivity index (χ1) is 14.6. The van der Waals surface area contributed by atoms with Gasteiger partial charge in [-0.15, -0.1) is 0 Å². The van der Waals surface area contributed by atoms with Crippen LogP contribution in [0.1, 0.15) is 44.7 Å². The van der Waals surface area contributed by atoms with E-state index >= 15 is 0 Å². The minimum absolute atomic E-state index is 0.0285. The van der Waals surface area contributed by atoms with Crippen molar-refractivity contribution in [3.63, 3.8) is 0 Å². The molecule has 1 aliphatic carbocycles. The van der Waals surface area contributed by atoms with E-state index in [1.807, 2.05) is 79.7 Å². The Morgan fingerprint density at radius 3 is 2.20 bits per heavy atom. The van der Waals surface area contributed by atoms with Gasteiger partial charge in [-0.2, -0.15) is 0 Å². The van der Waals surface area contributed by atoms with Gasteiger partial charge in [0.05, 0.1) is 0 Å². The summed E-state index contributed by atoms with van der Waals surface area (Å²) >= 11 is 0. The molecule has 2 N–H and O–H groups in total. The molecular weight excluding hydrogens is 372 g/mol. The van der Waals surface area contributed by atoms with E-state index in [0.717, 1.165) is 28.8 Å².